The van der Waals surface area contributed by atoms with Gasteiger partial charge in [0.15, 0.2) is 5.11 Å². The summed E-state index contributed by atoms with van der Waals surface area (Å²) in [7, 11) is 0. The molecule has 0 bridgehead atoms. The van der Waals surface area contributed by atoms with Crippen LogP contribution in [-0.4, -0.2) is 16.4 Å². The number of hydrogen-bond acceptors (Lipinski definition) is 3. The molecule has 2 unspecified atom stereocenters. The lowest BCUT2D eigenvalue weighted by Gasteiger charge is -2.26. The molecular formula is C8H10N2OS2. The Hall–Kier alpha value is -0.550. The van der Waals surface area contributed by atoms with E-state index in [0.29, 0.717) is 5.11 Å². The largest absolute Gasteiger partial charge is 0.349 e. The highest BCUT2D eigenvalue weighted by molar-refractivity contribution is 8.04. The molecule has 2 aliphatic rings. The molecule has 2 heterocycles. The number of fused-ring (bicyclic) bond motifs is 1. The van der Waals surface area contributed by atoms with Crippen molar-refractivity contribution < 1.29 is 4.79 Å². The minimum absolute atomic E-state index is 0.0182. The zero-order valence-electron chi connectivity index (χ0n) is 7.16. The molecule has 3 nitrogen and oxygen atoms in total. The fraction of sp³-hybridized carbons (Fsp3) is 0.500. The van der Waals surface area contributed by atoms with Crippen LogP contribution in [0, 0.1) is 5.92 Å². The predicted molar refractivity (Wildman–Crippen MR) is 57.1 cm³/mol. The number of thiocarbonyl (C=S) groups is 1. The first-order valence-corrected chi connectivity index (χ1v) is 5.48. The Balaban J connectivity index is 2.18. The van der Waals surface area contributed by atoms with Crippen molar-refractivity contribution >= 4 is 35.0 Å². The quantitative estimate of drug-likeness (QED) is 0.638. The van der Waals surface area contributed by atoms with Crippen molar-refractivity contribution in [3.05, 3.63) is 11.0 Å². The Morgan fingerprint density at radius 1 is 1.69 bits per heavy atom. The minimum Gasteiger partial charge on any atom is -0.349 e. The van der Waals surface area contributed by atoms with E-state index in [4.69, 9.17) is 12.2 Å². The normalized spacial score (nSPS) is 31.9. The van der Waals surface area contributed by atoms with E-state index >= 15 is 0 Å². The maximum absolute atomic E-state index is 11.5. The molecular weight excluding hydrogens is 204 g/mol. The van der Waals surface area contributed by atoms with Gasteiger partial charge >= 0.3 is 0 Å². The lowest BCUT2D eigenvalue weighted by molar-refractivity contribution is -0.122. The minimum atomic E-state index is -0.0494. The summed E-state index contributed by atoms with van der Waals surface area (Å²) in [5, 5.41) is 6.27. The van der Waals surface area contributed by atoms with Crippen LogP contribution in [-0.2, 0) is 4.79 Å². The number of rotatable bonds is 1. The smallest absolute Gasteiger partial charge is 0.236 e. The molecule has 13 heavy (non-hydrogen) atoms. The number of carbonyl (C=O) groups is 1. The van der Waals surface area contributed by atoms with E-state index in [1.165, 1.54) is 4.91 Å². The first-order valence-electron chi connectivity index (χ1n) is 4.19. The Morgan fingerprint density at radius 3 is 3.15 bits per heavy atom. The zero-order valence-corrected chi connectivity index (χ0v) is 8.80. The molecule has 0 aromatic rings. The van der Waals surface area contributed by atoms with Crippen LogP contribution in [0.2, 0.25) is 0 Å². The summed E-state index contributed by atoms with van der Waals surface area (Å²) in [6.07, 6.45) is 3.01. The molecule has 1 amide bonds. The van der Waals surface area contributed by atoms with E-state index in [9.17, 15) is 4.79 Å². The topological polar surface area (TPSA) is 41.1 Å². The second-order valence-electron chi connectivity index (χ2n) is 3.01. The molecule has 0 aromatic heterocycles. The van der Waals surface area contributed by atoms with Gasteiger partial charge in [-0.05, 0) is 23.5 Å². The summed E-state index contributed by atoms with van der Waals surface area (Å²) in [6.45, 7) is 2.09. The third kappa shape index (κ3) is 1.58. The second kappa shape index (κ2) is 3.31. The molecule has 1 saturated heterocycles. The van der Waals surface area contributed by atoms with Crippen LogP contribution in [0.15, 0.2) is 11.0 Å². The molecule has 0 radical (unpaired) electrons. The van der Waals surface area contributed by atoms with E-state index in [-0.39, 0.29) is 17.2 Å². The SMILES string of the molecule is CCC1=CC2C(=O)NC(=S)NC2S1. The fourth-order valence-corrected chi connectivity index (χ4v) is 3.00. The first-order chi connectivity index (χ1) is 6.20. The van der Waals surface area contributed by atoms with Crippen LogP contribution in [0.25, 0.3) is 0 Å². The van der Waals surface area contributed by atoms with Crippen LogP contribution >= 0.6 is 24.0 Å². The van der Waals surface area contributed by atoms with E-state index in [0.717, 1.165) is 6.42 Å². The van der Waals surface area contributed by atoms with Crippen LogP contribution in [0.3, 0.4) is 0 Å². The molecule has 2 atom stereocenters. The van der Waals surface area contributed by atoms with Gasteiger partial charge in [-0.2, -0.15) is 0 Å². The Labute approximate surface area is 86.3 Å². The van der Waals surface area contributed by atoms with Crippen molar-refractivity contribution in [2.45, 2.75) is 18.7 Å². The van der Waals surface area contributed by atoms with E-state index < -0.39 is 0 Å². The average Bonchev–Trinajstić information content (AvgIpc) is 2.47. The Bertz CT molecular complexity index is 301. The lowest BCUT2D eigenvalue weighted by atomic mass is 10.1. The number of allylic oxidation sites excluding steroid dienone is 1. The highest BCUT2D eigenvalue weighted by Crippen LogP contribution is 2.37. The van der Waals surface area contributed by atoms with Crippen molar-refractivity contribution in [2.75, 3.05) is 0 Å². The molecule has 2 N–H and O–H groups in total. The Kier molecular flexibility index (Phi) is 2.29. The van der Waals surface area contributed by atoms with E-state index in [2.05, 4.69) is 17.6 Å². The Morgan fingerprint density at radius 2 is 2.46 bits per heavy atom. The monoisotopic (exact) mass is 214 g/mol. The lowest BCUT2D eigenvalue weighted by Crippen LogP contribution is -2.55. The second-order valence-corrected chi connectivity index (χ2v) is 4.69. The molecule has 2 aliphatic heterocycles. The third-order valence-electron chi connectivity index (χ3n) is 2.13. The van der Waals surface area contributed by atoms with Gasteiger partial charge in [-0.3, -0.25) is 4.79 Å². The summed E-state index contributed by atoms with van der Waals surface area (Å²) >= 11 is 6.61. The van der Waals surface area contributed by atoms with Crippen molar-refractivity contribution in [1.82, 2.24) is 10.6 Å². The van der Waals surface area contributed by atoms with Gasteiger partial charge in [-0.25, -0.2) is 0 Å². The van der Waals surface area contributed by atoms with E-state index in [1.807, 2.05) is 6.08 Å². The molecule has 5 heteroatoms. The highest BCUT2D eigenvalue weighted by Gasteiger charge is 2.37. The molecule has 70 valence electrons. The van der Waals surface area contributed by atoms with Gasteiger partial charge in [0.05, 0.1) is 11.3 Å². The fourth-order valence-electron chi connectivity index (χ4n) is 1.46. The van der Waals surface area contributed by atoms with E-state index in [1.54, 1.807) is 11.8 Å². The number of nitrogens with one attached hydrogen (secondary N) is 2. The van der Waals surface area contributed by atoms with Crippen LogP contribution < -0.4 is 10.6 Å². The molecule has 2 rings (SSSR count). The highest BCUT2D eigenvalue weighted by atomic mass is 32.2. The van der Waals surface area contributed by atoms with Crippen molar-refractivity contribution in [1.29, 1.82) is 0 Å². The van der Waals surface area contributed by atoms with Gasteiger partial charge in [-0.1, -0.05) is 13.0 Å². The first kappa shape index (κ1) is 9.02. The summed E-state index contributed by atoms with van der Waals surface area (Å²) < 4.78 is 0. The van der Waals surface area contributed by atoms with Gasteiger partial charge < -0.3 is 10.6 Å². The summed E-state index contributed by atoms with van der Waals surface area (Å²) in [5.41, 5.74) is 0. The van der Waals surface area contributed by atoms with Gasteiger partial charge in [0.2, 0.25) is 5.91 Å². The molecule has 0 saturated carbocycles. The van der Waals surface area contributed by atoms with Crippen molar-refractivity contribution in [2.24, 2.45) is 5.92 Å². The maximum atomic E-state index is 11.5. The number of thioether (sulfide) groups is 1. The molecule has 0 aromatic carbocycles. The molecule has 0 spiro atoms. The standard InChI is InChI=1S/C8H10N2OS2/c1-2-4-3-5-6(11)9-8(12)10-7(5)13-4/h3,5,7H,2H2,1H3,(H2,9,10,11,12). The summed E-state index contributed by atoms with van der Waals surface area (Å²) in [5.74, 6) is -0.0312. The third-order valence-corrected chi connectivity index (χ3v) is 3.74. The van der Waals surface area contributed by atoms with Crippen LogP contribution in [0.5, 0.6) is 0 Å². The maximum Gasteiger partial charge on any atom is 0.236 e. The van der Waals surface area contributed by atoms with Gasteiger partial charge in [-0.15, -0.1) is 11.8 Å². The molecule has 0 aliphatic carbocycles. The van der Waals surface area contributed by atoms with Gasteiger partial charge in [0, 0.05) is 0 Å². The van der Waals surface area contributed by atoms with Crippen LogP contribution in [0.1, 0.15) is 13.3 Å². The van der Waals surface area contributed by atoms with Gasteiger partial charge in [0.25, 0.3) is 0 Å². The zero-order chi connectivity index (χ0) is 9.42. The van der Waals surface area contributed by atoms with Crippen molar-refractivity contribution in [3.8, 4) is 0 Å². The van der Waals surface area contributed by atoms with Crippen LogP contribution in [0.4, 0.5) is 0 Å². The summed E-state index contributed by atoms with van der Waals surface area (Å²) in [4.78, 5) is 12.7. The molecule has 1 fully saturated rings. The van der Waals surface area contributed by atoms with Crippen molar-refractivity contribution in [3.63, 3.8) is 0 Å². The predicted octanol–water partition coefficient (Wildman–Crippen LogP) is 0.974. The number of hydrogen-bond donors (Lipinski definition) is 2. The number of amides is 1. The average molecular weight is 214 g/mol. The summed E-state index contributed by atoms with van der Waals surface area (Å²) in [6, 6.07) is 0. The van der Waals surface area contributed by atoms with Gasteiger partial charge in [0.1, 0.15) is 0 Å². The number of carbonyl (C=O) groups excluding carboxylic acids is 1.